The van der Waals surface area contributed by atoms with E-state index in [1.807, 2.05) is 24.3 Å². The van der Waals surface area contributed by atoms with E-state index >= 15 is 0 Å². The number of benzene rings is 2. The van der Waals surface area contributed by atoms with E-state index in [4.69, 9.17) is 9.32 Å². The van der Waals surface area contributed by atoms with Gasteiger partial charge in [0.15, 0.2) is 0 Å². The van der Waals surface area contributed by atoms with E-state index in [2.05, 4.69) is 22.1 Å². The van der Waals surface area contributed by atoms with Crippen molar-refractivity contribution < 1.29 is 8.98 Å². The maximum atomic E-state index is 12.4. The van der Waals surface area contributed by atoms with Crippen molar-refractivity contribution in [1.82, 2.24) is 4.98 Å². The van der Waals surface area contributed by atoms with E-state index < -0.39 is 0 Å². The van der Waals surface area contributed by atoms with Gasteiger partial charge in [-0.15, -0.1) is 0 Å². The number of carbonyl (C=O) groups excluding carboxylic acids is 1. The number of nitrogens with one attached hydrogen (secondary N) is 1. The molecular weight excluding hydrogens is 346 g/mol. The van der Waals surface area contributed by atoms with Crippen LogP contribution in [-0.2, 0) is 0 Å². The fourth-order valence-electron chi connectivity index (χ4n) is 2.16. The smallest absolute Gasteiger partial charge is 0.255 e. The van der Waals surface area contributed by atoms with Crippen LogP contribution < -0.4 is 14.6 Å². The maximum absolute atomic E-state index is 12.4. The van der Waals surface area contributed by atoms with Gasteiger partial charge in [-0.2, -0.15) is 0 Å². The van der Waals surface area contributed by atoms with Crippen LogP contribution >= 0.6 is 12.2 Å². The monoisotopic (exact) mass is 361 g/mol. The standard InChI is InChI=1S/C20H15N3O2S/c21-26-25-19-11-9-18(10-12-19)23-20(24)16-5-3-4-15(14-16)7-8-17-6-1-2-13-22-17/h1-6,9-14H,21H2,(H,23,24). The Hall–Kier alpha value is -3.27. The molecule has 26 heavy (non-hydrogen) atoms. The van der Waals surface area contributed by atoms with Gasteiger partial charge >= 0.3 is 0 Å². The zero-order valence-electron chi connectivity index (χ0n) is 13.7. The zero-order chi connectivity index (χ0) is 18.2. The van der Waals surface area contributed by atoms with Crippen LogP contribution in [0.15, 0.2) is 72.9 Å². The van der Waals surface area contributed by atoms with Crippen LogP contribution in [-0.4, -0.2) is 10.9 Å². The molecule has 0 radical (unpaired) electrons. The van der Waals surface area contributed by atoms with Gasteiger partial charge < -0.3 is 9.50 Å². The molecule has 3 rings (SSSR count). The highest BCUT2D eigenvalue weighted by atomic mass is 32.2. The number of nitrogens with two attached hydrogens (primary N) is 1. The van der Waals surface area contributed by atoms with Crippen molar-refractivity contribution in [2.45, 2.75) is 0 Å². The number of hydrogen-bond donors (Lipinski definition) is 2. The largest absolute Gasteiger partial charge is 0.410 e. The summed E-state index contributed by atoms with van der Waals surface area (Å²) in [5.41, 5.74) is 2.61. The third kappa shape index (κ3) is 4.86. The summed E-state index contributed by atoms with van der Waals surface area (Å²) in [6, 6.07) is 19.6. The fourth-order valence-corrected chi connectivity index (χ4v) is 2.39. The average molecular weight is 361 g/mol. The summed E-state index contributed by atoms with van der Waals surface area (Å²) in [7, 11) is 0. The lowest BCUT2D eigenvalue weighted by atomic mass is 10.1. The van der Waals surface area contributed by atoms with Crippen molar-refractivity contribution in [1.29, 1.82) is 0 Å². The van der Waals surface area contributed by atoms with Crippen LogP contribution in [0, 0.1) is 11.8 Å². The lowest BCUT2D eigenvalue weighted by Gasteiger charge is -2.06. The number of aromatic nitrogens is 1. The predicted octanol–water partition coefficient (Wildman–Crippen LogP) is 3.63. The van der Waals surface area contributed by atoms with Gasteiger partial charge in [-0.25, -0.2) is 10.1 Å². The quantitative estimate of drug-likeness (QED) is 0.421. The van der Waals surface area contributed by atoms with Crippen LogP contribution in [0.3, 0.4) is 0 Å². The van der Waals surface area contributed by atoms with Crippen LogP contribution in [0.5, 0.6) is 5.75 Å². The van der Waals surface area contributed by atoms with Crippen LogP contribution in [0.4, 0.5) is 5.69 Å². The first kappa shape index (κ1) is 17.5. The molecule has 1 heterocycles. The number of anilines is 1. The fraction of sp³-hybridized carbons (Fsp3) is 0. The molecule has 3 aromatic rings. The zero-order valence-corrected chi connectivity index (χ0v) is 14.5. The Morgan fingerprint density at radius 3 is 2.62 bits per heavy atom. The van der Waals surface area contributed by atoms with Crippen LogP contribution in [0.1, 0.15) is 21.6 Å². The minimum absolute atomic E-state index is 0.214. The number of pyridine rings is 1. The molecule has 6 heteroatoms. The second kappa shape index (κ2) is 8.72. The summed E-state index contributed by atoms with van der Waals surface area (Å²) in [4.78, 5) is 16.6. The molecule has 0 atom stereocenters. The average Bonchev–Trinajstić information content (AvgIpc) is 2.69. The van der Waals surface area contributed by atoms with Gasteiger partial charge in [-0.3, -0.25) is 4.79 Å². The molecule has 3 N–H and O–H groups in total. The SMILES string of the molecule is NSOc1ccc(NC(=O)c2cccc(C#Cc3ccccn3)c2)cc1. The highest BCUT2D eigenvalue weighted by Gasteiger charge is 2.06. The lowest BCUT2D eigenvalue weighted by Crippen LogP contribution is -2.11. The van der Waals surface area contributed by atoms with E-state index in [0.29, 0.717) is 22.7 Å². The van der Waals surface area contributed by atoms with E-state index in [1.165, 1.54) is 0 Å². The summed E-state index contributed by atoms with van der Waals surface area (Å²) in [5, 5.41) is 8.08. The highest BCUT2D eigenvalue weighted by Crippen LogP contribution is 2.18. The maximum Gasteiger partial charge on any atom is 0.255 e. The molecule has 0 spiro atoms. The first-order valence-electron chi connectivity index (χ1n) is 7.72. The highest BCUT2D eigenvalue weighted by molar-refractivity contribution is 7.92. The summed E-state index contributed by atoms with van der Waals surface area (Å²) < 4.78 is 5.09. The molecule has 5 nitrogen and oxygen atoms in total. The first-order valence-corrected chi connectivity index (χ1v) is 8.53. The molecule has 128 valence electrons. The van der Waals surface area contributed by atoms with E-state index in [-0.39, 0.29) is 5.91 Å². The second-order valence-corrected chi connectivity index (χ2v) is 5.56. The number of nitrogens with zero attached hydrogens (tertiary/aromatic N) is 1. The van der Waals surface area contributed by atoms with E-state index in [9.17, 15) is 4.79 Å². The molecule has 2 aromatic carbocycles. The van der Waals surface area contributed by atoms with Gasteiger partial charge in [0.2, 0.25) is 0 Å². The molecule has 0 bridgehead atoms. The second-order valence-electron chi connectivity index (χ2n) is 5.20. The summed E-state index contributed by atoms with van der Waals surface area (Å²) >= 11 is 0.771. The lowest BCUT2D eigenvalue weighted by molar-refractivity contribution is 0.102. The first-order chi connectivity index (χ1) is 12.7. The van der Waals surface area contributed by atoms with E-state index in [1.54, 1.807) is 48.7 Å². The minimum atomic E-state index is -0.214. The normalized spacial score (nSPS) is 9.73. The van der Waals surface area contributed by atoms with E-state index in [0.717, 1.165) is 17.8 Å². The van der Waals surface area contributed by atoms with Crippen molar-refractivity contribution in [3.8, 4) is 17.6 Å². The van der Waals surface area contributed by atoms with Gasteiger partial charge in [0.1, 0.15) is 23.7 Å². The van der Waals surface area contributed by atoms with Gasteiger partial charge in [-0.1, -0.05) is 18.1 Å². The topological polar surface area (TPSA) is 77.2 Å². The van der Waals surface area contributed by atoms with Crippen molar-refractivity contribution in [2.75, 3.05) is 5.32 Å². The summed E-state index contributed by atoms with van der Waals surface area (Å²) in [5.74, 6) is 6.39. The van der Waals surface area contributed by atoms with Crippen molar-refractivity contribution in [3.63, 3.8) is 0 Å². The van der Waals surface area contributed by atoms with Crippen LogP contribution in [0.25, 0.3) is 0 Å². The molecule has 0 fully saturated rings. The Morgan fingerprint density at radius 2 is 1.88 bits per heavy atom. The number of hydrogen-bond acceptors (Lipinski definition) is 5. The Bertz CT molecular complexity index is 948. The molecule has 0 aliphatic rings. The molecule has 0 aliphatic carbocycles. The summed E-state index contributed by atoms with van der Waals surface area (Å²) in [6.45, 7) is 0. The molecule has 1 aromatic heterocycles. The van der Waals surface area contributed by atoms with Gasteiger partial charge in [0.05, 0.1) is 0 Å². The molecule has 0 saturated heterocycles. The minimum Gasteiger partial charge on any atom is -0.410 e. The number of amides is 1. The molecule has 0 aliphatic heterocycles. The third-order valence-electron chi connectivity index (χ3n) is 3.38. The van der Waals surface area contributed by atoms with Crippen LogP contribution in [0.2, 0.25) is 0 Å². The number of rotatable bonds is 4. The molecule has 1 amide bonds. The Balaban J connectivity index is 1.71. The van der Waals surface area contributed by atoms with Gasteiger partial charge in [0.25, 0.3) is 5.91 Å². The molecule has 0 saturated carbocycles. The molecule has 0 unspecified atom stereocenters. The number of carbonyl (C=O) groups is 1. The Morgan fingerprint density at radius 1 is 1.04 bits per heavy atom. The van der Waals surface area contributed by atoms with Crippen molar-refractivity contribution in [2.24, 2.45) is 5.14 Å². The van der Waals surface area contributed by atoms with Gasteiger partial charge in [0, 0.05) is 23.0 Å². The van der Waals surface area contributed by atoms with Gasteiger partial charge in [-0.05, 0) is 60.5 Å². The molecular formula is C20H15N3O2S. The summed E-state index contributed by atoms with van der Waals surface area (Å²) in [6.07, 6.45) is 1.69. The Kier molecular flexibility index (Phi) is 5.88. The predicted molar refractivity (Wildman–Crippen MR) is 103 cm³/mol. The third-order valence-corrected chi connectivity index (χ3v) is 3.67. The van der Waals surface area contributed by atoms with Crippen molar-refractivity contribution in [3.05, 3.63) is 89.7 Å². The Labute approximate surface area is 155 Å². The van der Waals surface area contributed by atoms with Crippen molar-refractivity contribution >= 4 is 23.8 Å².